The van der Waals surface area contributed by atoms with Gasteiger partial charge in [-0.2, -0.15) is 0 Å². The van der Waals surface area contributed by atoms with Crippen molar-refractivity contribution in [2.45, 2.75) is 84.2 Å². The third kappa shape index (κ3) is 2.06. The van der Waals surface area contributed by atoms with Crippen molar-refractivity contribution in [3.63, 3.8) is 0 Å². The summed E-state index contributed by atoms with van der Waals surface area (Å²) in [5, 5.41) is 0. The normalized spacial score (nSPS) is 56.4. The van der Waals surface area contributed by atoms with Crippen LogP contribution >= 0.6 is 0 Å². The van der Waals surface area contributed by atoms with Crippen LogP contribution < -0.4 is 0 Å². The summed E-state index contributed by atoms with van der Waals surface area (Å²) >= 11 is 0. The van der Waals surface area contributed by atoms with Gasteiger partial charge in [0, 0.05) is 7.11 Å². The number of fused-ring (bicyclic) bond motifs is 5. The van der Waals surface area contributed by atoms with E-state index >= 15 is 0 Å². The van der Waals surface area contributed by atoms with Crippen LogP contribution in [-0.4, -0.2) is 13.2 Å². The Morgan fingerprint density at radius 3 is 2.52 bits per heavy atom. The molecule has 21 heavy (non-hydrogen) atoms. The van der Waals surface area contributed by atoms with Gasteiger partial charge in [0.1, 0.15) is 0 Å². The van der Waals surface area contributed by atoms with Crippen molar-refractivity contribution < 1.29 is 4.74 Å². The number of methoxy groups -OCH3 is 1. The highest BCUT2D eigenvalue weighted by molar-refractivity contribution is 5.07. The lowest BCUT2D eigenvalue weighted by atomic mass is 9.45. The SMILES string of the molecule is CO[C@@H]1CC[C@@]2(C)[C@@H](CC[C@@H]3[C@H]4CCC[C@@]4(C)CC[C@H]32)C1. The summed E-state index contributed by atoms with van der Waals surface area (Å²) in [5.74, 6) is 4.11. The Bertz CT molecular complexity index is 405. The third-order valence-corrected chi connectivity index (χ3v) is 8.73. The Hall–Kier alpha value is -0.0400. The second-order valence-corrected chi connectivity index (χ2v) is 9.37. The molecular weight excluding hydrogens is 256 g/mol. The number of ether oxygens (including phenoxy) is 1. The Morgan fingerprint density at radius 2 is 1.71 bits per heavy atom. The first-order valence-corrected chi connectivity index (χ1v) is 9.60. The van der Waals surface area contributed by atoms with E-state index < -0.39 is 0 Å². The molecular formula is C20H34O. The summed E-state index contributed by atoms with van der Waals surface area (Å²) in [6.07, 6.45) is 15.3. The van der Waals surface area contributed by atoms with Gasteiger partial charge in [0.2, 0.25) is 0 Å². The minimum Gasteiger partial charge on any atom is -0.381 e. The molecule has 1 heteroatoms. The summed E-state index contributed by atoms with van der Waals surface area (Å²) < 4.78 is 5.71. The molecule has 4 aliphatic carbocycles. The maximum absolute atomic E-state index is 5.71. The molecule has 4 fully saturated rings. The molecule has 4 saturated carbocycles. The molecule has 0 aliphatic heterocycles. The fourth-order valence-corrected chi connectivity index (χ4v) is 7.43. The lowest BCUT2D eigenvalue weighted by Crippen LogP contribution is -2.53. The largest absolute Gasteiger partial charge is 0.381 e. The molecule has 0 unspecified atom stereocenters. The van der Waals surface area contributed by atoms with Gasteiger partial charge in [0.05, 0.1) is 6.10 Å². The van der Waals surface area contributed by atoms with Gasteiger partial charge in [-0.05, 0) is 92.3 Å². The lowest BCUT2D eigenvalue weighted by molar-refractivity contribution is -0.125. The van der Waals surface area contributed by atoms with Crippen molar-refractivity contribution >= 4 is 0 Å². The second kappa shape index (κ2) is 4.98. The molecule has 0 aromatic carbocycles. The Labute approximate surface area is 131 Å². The first-order chi connectivity index (χ1) is 10.1. The van der Waals surface area contributed by atoms with Crippen LogP contribution in [0, 0.1) is 34.5 Å². The average Bonchev–Trinajstić information content (AvgIpc) is 2.88. The molecule has 0 amide bonds. The van der Waals surface area contributed by atoms with Gasteiger partial charge in [0.25, 0.3) is 0 Å². The minimum atomic E-state index is 0.556. The first kappa shape index (κ1) is 14.5. The molecule has 0 bridgehead atoms. The predicted octanol–water partition coefficient (Wildman–Crippen LogP) is 5.43. The third-order valence-electron chi connectivity index (χ3n) is 8.73. The van der Waals surface area contributed by atoms with Crippen molar-refractivity contribution in [1.29, 1.82) is 0 Å². The van der Waals surface area contributed by atoms with E-state index in [4.69, 9.17) is 4.74 Å². The van der Waals surface area contributed by atoms with Crippen LogP contribution in [0.1, 0.15) is 78.1 Å². The van der Waals surface area contributed by atoms with E-state index in [1.807, 2.05) is 7.11 Å². The van der Waals surface area contributed by atoms with Crippen molar-refractivity contribution in [3.05, 3.63) is 0 Å². The highest BCUT2D eigenvalue weighted by Gasteiger charge is 2.57. The van der Waals surface area contributed by atoms with Crippen molar-refractivity contribution in [2.24, 2.45) is 34.5 Å². The summed E-state index contributed by atoms with van der Waals surface area (Å²) in [5.41, 5.74) is 1.36. The van der Waals surface area contributed by atoms with Gasteiger partial charge in [-0.15, -0.1) is 0 Å². The number of rotatable bonds is 1. The maximum atomic E-state index is 5.71. The first-order valence-electron chi connectivity index (χ1n) is 9.60. The van der Waals surface area contributed by atoms with Gasteiger partial charge >= 0.3 is 0 Å². The monoisotopic (exact) mass is 290 g/mol. The van der Waals surface area contributed by atoms with Gasteiger partial charge in [-0.1, -0.05) is 20.3 Å². The van der Waals surface area contributed by atoms with E-state index in [0.29, 0.717) is 16.9 Å². The van der Waals surface area contributed by atoms with Gasteiger partial charge < -0.3 is 4.74 Å². The summed E-state index contributed by atoms with van der Waals surface area (Å²) in [6, 6.07) is 0. The average molecular weight is 290 g/mol. The molecule has 120 valence electrons. The quantitative estimate of drug-likeness (QED) is 0.625. The van der Waals surface area contributed by atoms with Crippen LogP contribution in [0.15, 0.2) is 0 Å². The van der Waals surface area contributed by atoms with Gasteiger partial charge in [0.15, 0.2) is 0 Å². The van der Waals surface area contributed by atoms with Crippen LogP contribution in [0.2, 0.25) is 0 Å². The molecule has 0 radical (unpaired) electrons. The summed E-state index contributed by atoms with van der Waals surface area (Å²) in [7, 11) is 1.92. The highest BCUT2D eigenvalue weighted by atomic mass is 16.5. The van der Waals surface area contributed by atoms with Crippen LogP contribution in [0.25, 0.3) is 0 Å². The number of hydrogen-bond donors (Lipinski definition) is 0. The topological polar surface area (TPSA) is 9.23 Å². The number of hydrogen-bond acceptors (Lipinski definition) is 1. The van der Waals surface area contributed by atoms with Crippen LogP contribution in [-0.2, 0) is 4.74 Å². The maximum Gasteiger partial charge on any atom is 0.0574 e. The molecule has 1 nitrogen and oxygen atoms in total. The smallest absolute Gasteiger partial charge is 0.0574 e. The van der Waals surface area contributed by atoms with E-state index in [0.717, 1.165) is 23.7 Å². The van der Waals surface area contributed by atoms with Crippen LogP contribution in [0.5, 0.6) is 0 Å². The van der Waals surface area contributed by atoms with Crippen molar-refractivity contribution in [1.82, 2.24) is 0 Å². The van der Waals surface area contributed by atoms with E-state index in [9.17, 15) is 0 Å². The molecule has 0 saturated heterocycles. The van der Waals surface area contributed by atoms with E-state index in [2.05, 4.69) is 13.8 Å². The van der Waals surface area contributed by atoms with Crippen LogP contribution in [0.4, 0.5) is 0 Å². The Balaban J connectivity index is 1.59. The Morgan fingerprint density at radius 1 is 0.857 bits per heavy atom. The van der Waals surface area contributed by atoms with Gasteiger partial charge in [-0.3, -0.25) is 0 Å². The molecule has 0 spiro atoms. The fourth-order valence-electron chi connectivity index (χ4n) is 7.43. The minimum absolute atomic E-state index is 0.556. The van der Waals surface area contributed by atoms with Crippen molar-refractivity contribution in [2.75, 3.05) is 7.11 Å². The standard InChI is InChI=1S/C20H34O/c1-19-10-4-5-17(19)16-7-6-14-13-15(21-3)8-12-20(14,2)18(16)9-11-19/h14-18H,4-13H2,1-3H3/t14-,15+,16+,17+,18+,19-,20-/m0/s1. The molecule has 4 rings (SSSR count). The van der Waals surface area contributed by atoms with Crippen molar-refractivity contribution in [3.8, 4) is 0 Å². The molecule has 0 aromatic rings. The lowest BCUT2D eigenvalue weighted by Gasteiger charge is -2.60. The predicted molar refractivity (Wildman–Crippen MR) is 87.1 cm³/mol. The zero-order valence-electron chi connectivity index (χ0n) is 14.4. The van der Waals surface area contributed by atoms with E-state index in [1.165, 1.54) is 57.8 Å². The summed E-state index contributed by atoms with van der Waals surface area (Å²) in [6.45, 7) is 5.29. The molecule has 0 heterocycles. The fraction of sp³-hybridized carbons (Fsp3) is 1.00. The zero-order valence-corrected chi connectivity index (χ0v) is 14.4. The van der Waals surface area contributed by atoms with E-state index in [1.54, 1.807) is 6.42 Å². The molecule has 0 N–H and O–H groups in total. The Kier molecular flexibility index (Phi) is 3.45. The highest BCUT2D eigenvalue weighted by Crippen LogP contribution is 2.66. The second-order valence-electron chi connectivity index (χ2n) is 9.37. The summed E-state index contributed by atoms with van der Waals surface area (Å²) in [4.78, 5) is 0. The van der Waals surface area contributed by atoms with Gasteiger partial charge in [-0.25, -0.2) is 0 Å². The van der Waals surface area contributed by atoms with E-state index in [-0.39, 0.29) is 0 Å². The molecule has 0 aromatic heterocycles. The zero-order chi connectivity index (χ0) is 14.7. The molecule has 7 atom stereocenters. The van der Waals surface area contributed by atoms with Crippen LogP contribution in [0.3, 0.4) is 0 Å². The molecule has 4 aliphatic rings.